The van der Waals surface area contributed by atoms with Crippen molar-refractivity contribution in [3.8, 4) is 0 Å². The molecule has 2 aliphatic rings. The van der Waals surface area contributed by atoms with Crippen LogP contribution in [0.2, 0.25) is 0 Å². The largest absolute Gasteiger partial charge is 0.328 e. The molecule has 1 aromatic heterocycles. The molecule has 7 heteroatoms. The molecule has 3 heterocycles. The number of piperidine rings is 1. The number of aromatic nitrogens is 1. The Hall–Kier alpha value is -1.76. The van der Waals surface area contributed by atoms with Crippen LogP contribution < -0.4 is 0 Å². The van der Waals surface area contributed by atoms with Gasteiger partial charge >= 0.3 is 0 Å². The van der Waals surface area contributed by atoms with Crippen molar-refractivity contribution in [3.63, 3.8) is 0 Å². The Morgan fingerprint density at radius 3 is 2.91 bits per heavy atom. The SMILES string of the molecule is CCN1N=C(C(=O)N2CCCC[C@H]2c2nc(C)cs2)CCC1=O. The molecule has 124 valence electrons. The molecule has 0 aliphatic carbocycles. The van der Waals surface area contributed by atoms with E-state index in [0.29, 0.717) is 25.1 Å². The van der Waals surface area contributed by atoms with Gasteiger partial charge in [0.05, 0.1) is 6.04 Å². The molecular formula is C16H22N4O2S. The molecule has 0 N–H and O–H groups in total. The first-order valence-electron chi connectivity index (χ1n) is 8.21. The van der Waals surface area contributed by atoms with E-state index in [-0.39, 0.29) is 17.9 Å². The molecular weight excluding hydrogens is 312 g/mol. The minimum atomic E-state index is -0.0338. The zero-order chi connectivity index (χ0) is 16.4. The quantitative estimate of drug-likeness (QED) is 0.853. The van der Waals surface area contributed by atoms with E-state index < -0.39 is 0 Å². The van der Waals surface area contributed by atoms with Crippen LogP contribution in [0.5, 0.6) is 0 Å². The summed E-state index contributed by atoms with van der Waals surface area (Å²) in [7, 11) is 0. The van der Waals surface area contributed by atoms with E-state index in [0.717, 1.165) is 36.5 Å². The number of nitrogens with zero attached hydrogens (tertiary/aromatic N) is 4. The molecule has 2 amide bonds. The Kier molecular flexibility index (Phi) is 4.75. The second-order valence-corrected chi connectivity index (χ2v) is 6.88. The number of carbonyl (C=O) groups is 2. The molecule has 2 aliphatic heterocycles. The third-order valence-electron chi connectivity index (χ3n) is 4.34. The highest BCUT2D eigenvalue weighted by Crippen LogP contribution is 2.33. The Bertz CT molecular complexity index is 640. The number of likely N-dealkylation sites (tertiary alicyclic amines) is 1. The molecule has 0 saturated carbocycles. The van der Waals surface area contributed by atoms with Crippen molar-refractivity contribution in [1.82, 2.24) is 14.9 Å². The van der Waals surface area contributed by atoms with Crippen LogP contribution in [0.1, 0.15) is 55.8 Å². The summed E-state index contributed by atoms with van der Waals surface area (Å²) in [4.78, 5) is 31.2. The summed E-state index contributed by atoms with van der Waals surface area (Å²) in [5.41, 5.74) is 1.51. The van der Waals surface area contributed by atoms with Gasteiger partial charge in [-0.25, -0.2) is 9.99 Å². The fourth-order valence-electron chi connectivity index (χ4n) is 3.13. The number of hydrogen-bond acceptors (Lipinski definition) is 5. The van der Waals surface area contributed by atoms with Crippen molar-refractivity contribution < 1.29 is 9.59 Å². The van der Waals surface area contributed by atoms with Gasteiger partial charge in [0.25, 0.3) is 5.91 Å². The minimum absolute atomic E-state index is 0.00482. The lowest BCUT2D eigenvalue weighted by atomic mass is 10.0. The zero-order valence-electron chi connectivity index (χ0n) is 13.6. The summed E-state index contributed by atoms with van der Waals surface area (Å²) >= 11 is 1.62. The second-order valence-electron chi connectivity index (χ2n) is 5.99. The van der Waals surface area contributed by atoms with Gasteiger partial charge in [-0.1, -0.05) is 0 Å². The Labute approximate surface area is 140 Å². The van der Waals surface area contributed by atoms with Crippen LogP contribution in [0, 0.1) is 6.92 Å². The lowest BCUT2D eigenvalue weighted by Gasteiger charge is -2.35. The summed E-state index contributed by atoms with van der Waals surface area (Å²) in [6, 6.07) is 0.0466. The van der Waals surface area contributed by atoms with Gasteiger partial charge in [0.15, 0.2) is 0 Å². The second kappa shape index (κ2) is 6.78. The van der Waals surface area contributed by atoms with Gasteiger partial charge < -0.3 is 4.90 Å². The maximum absolute atomic E-state index is 12.9. The van der Waals surface area contributed by atoms with Gasteiger partial charge in [-0.05, 0) is 33.1 Å². The van der Waals surface area contributed by atoms with E-state index >= 15 is 0 Å². The molecule has 3 rings (SSSR count). The average Bonchev–Trinajstić information content (AvgIpc) is 3.01. The number of rotatable bonds is 3. The molecule has 1 saturated heterocycles. The predicted octanol–water partition coefficient (Wildman–Crippen LogP) is 2.50. The van der Waals surface area contributed by atoms with Gasteiger partial charge in [0.2, 0.25) is 5.91 Å². The predicted molar refractivity (Wildman–Crippen MR) is 89.2 cm³/mol. The van der Waals surface area contributed by atoms with Gasteiger partial charge in [0.1, 0.15) is 10.7 Å². The molecule has 6 nitrogen and oxygen atoms in total. The van der Waals surface area contributed by atoms with Gasteiger partial charge in [0, 0.05) is 37.0 Å². The number of hydrogen-bond donors (Lipinski definition) is 0. The molecule has 0 radical (unpaired) electrons. The first-order valence-corrected chi connectivity index (χ1v) is 9.09. The minimum Gasteiger partial charge on any atom is -0.328 e. The zero-order valence-corrected chi connectivity index (χ0v) is 14.4. The van der Waals surface area contributed by atoms with E-state index in [1.54, 1.807) is 11.3 Å². The standard InChI is InChI=1S/C16H22N4O2S/c1-3-20-14(21)8-7-12(18-20)16(22)19-9-5-4-6-13(19)15-17-11(2)10-23-15/h10,13H,3-9H2,1-2H3/t13-/m0/s1. The van der Waals surface area contributed by atoms with Gasteiger partial charge in [-0.15, -0.1) is 11.3 Å². The first kappa shape index (κ1) is 16.1. The summed E-state index contributed by atoms with van der Waals surface area (Å²) in [5.74, 6) is -0.0386. The van der Waals surface area contributed by atoms with Crippen LogP contribution in [-0.2, 0) is 9.59 Å². The van der Waals surface area contributed by atoms with Crippen molar-refractivity contribution in [2.45, 2.75) is 52.0 Å². The molecule has 0 spiro atoms. The third kappa shape index (κ3) is 3.29. The first-order chi connectivity index (χ1) is 11.1. The fraction of sp³-hybridized carbons (Fsp3) is 0.625. The van der Waals surface area contributed by atoms with Gasteiger partial charge in [-0.2, -0.15) is 5.10 Å². The van der Waals surface area contributed by atoms with Gasteiger partial charge in [-0.3, -0.25) is 9.59 Å². The summed E-state index contributed by atoms with van der Waals surface area (Å²) in [6.07, 6.45) is 3.87. The lowest BCUT2D eigenvalue weighted by Crippen LogP contribution is -2.45. The summed E-state index contributed by atoms with van der Waals surface area (Å²) in [5, 5.41) is 8.73. The number of thiazole rings is 1. The Balaban J connectivity index is 1.83. The van der Waals surface area contributed by atoms with Crippen LogP contribution in [0.15, 0.2) is 10.5 Å². The lowest BCUT2D eigenvalue weighted by molar-refractivity contribution is -0.132. The Morgan fingerprint density at radius 2 is 2.22 bits per heavy atom. The van der Waals surface area contributed by atoms with Crippen LogP contribution >= 0.6 is 11.3 Å². The number of hydrazone groups is 1. The van der Waals surface area contributed by atoms with Crippen LogP contribution in [-0.4, -0.2) is 45.5 Å². The van der Waals surface area contributed by atoms with E-state index in [1.807, 2.05) is 24.1 Å². The van der Waals surface area contributed by atoms with Crippen molar-refractivity contribution in [2.24, 2.45) is 5.10 Å². The maximum Gasteiger partial charge on any atom is 0.270 e. The molecule has 1 aromatic rings. The van der Waals surface area contributed by atoms with E-state index in [2.05, 4.69) is 10.1 Å². The molecule has 1 atom stereocenters. The summed E-state index contributed by atoms with van der Waals surface area (Å²) < 4.78 is 0. The van der Waals surface area contributed by atoms with Crippen LogP contribution in [0.4, 0.5) is 0 Å². The average molecular weight is 334 g/mol. The topological polar surface area (TPSA) is 65.9 Å². The smallest absolute Gasteiger partial charge is 0.270 e. The number of carbonyl (C=O) groups excluding carboxylic acids is 2. The molecule has 1 fully saturated rings. The number of amides is 2. The van der Waals surface area contributed by atoms with Crippen molar-refractivity contribution in [2.75, 3.05) is 13.1 Å². The molecule has 0 bridgehead atoms. The highest BCUT2D eigenvalue weighted by molar-refractivity contribution is 7.09. The van der Waals surface area contributed by atoms with Crippen molar-refractivity contribution >= 4 is 28.9 Å². The highest BCUT2D eigenvalue weighted by Gasteiger charge is 2.34. The molecule has 23 heavy (non-hydrogen) atoms. The highest BCUT2D eigenvalue weighted by atomic mass is 32.1. The van der Waals surface area contributed by atoms with Crippen LogP contribution in [0.3, 0.4) is 0 Å². The third-order valence-corrected chi connectivity index (χ3v) is 5.40. The monoisotopic (exact) mass is 334 g/mol. The van der Waals surface area contributed by atoms with Crippen LogP contribution in [0.25, 0.3) is 0 Å². The fourth-order valence-corrected chi connectivity index (χ4v) is 4.07. The maximum atomic E-state index is 12.9. The molecule has 0 unspecified atom stereocenters. The normalized spacial score (nSPS) is 22.3. The van der Waals surface area contributed by atoms with E-state index in [9.17, 15) is 9.59 Å². The Morgan fingerprint density at radius 1 is 1.39 bits per heavy atom. The van der Waals surface area contributed by atoms with E-state index in [4.69, 9.17) is 0 Å². The summed E-state index contributed by atoms with van der Waals surface area (Å²) in [6.45, 7) is 5.09. The van der Waals surface area contributed by atoms with E-state index in [1.165, 1.54) is 5.01 Å². The van der Waals surface area contributed by atoms with Crippen molar-refractivity contribution in [1.29, 1.82) is 0 Å². The van der Waals surface area contributed by atoms with Crippen molar-refractivity contribution in [3.05, 3.63) is 16.1 Å². The molecule has 0 aromatic carbocycles. The number of aryl methyl sites for hydroxylation is 1.